The summed E-state index contributed by atoms with van der Waals surface area (Å²) >= 11 is 0. The van der Waals surface area contributed by atoms with Gasteiger partial charge in [-0.1, -0.05) is 12.1 Å². The van der Waals surface area contributed by atoms with E-state index in [0.29, 0.717) is 18.7 Å². The van der Waals surface area contributed by atoms with Crippen LogP contribution in [0.15, 0.2) is 24.3 Å². The highest BCUT2D eigenvalue weighted by Crippen LogP contribution is 2.30. The number of hydrogen-bond donors (Lipinski definition) is 2. The molecule has 8 heteroatoms. The molecule has 1 heterocycles. The lowest BCUT2D eigenvalue weighted by Crippen LogP contribution is -2.46. The maximum atomic E-state index is 13.0. The van der Waals surface area contributed by atoms with Crippen LogP contribution in [0, 0.1) is 0 Å². The van der Waals surface area contributed by atoms with Crippen LogP contribution in [0.5, 0.6) is 5.75 Å². The summed E-state index contributed by atoms with van der Waals surface area (Å²) in [5.41, 5.74) is 0.548. The first-order valence-electron chi connectivity index (χ1n) is 6.94. The Labute approximate surface area is 125 Å². The fourth-order valence-corrected chi connectivity index (χ4v) is 2.41. The monoisotopic (exact) mass is 322 g/mol. The van der Waals surface area contributed by atoms with Gasteiger partial charge < -0.3 is 15.2 Å². The van der Waals surface area contributed by atoms with E-state index in [2.05, 4.69) is 10.1 Å². The number of aliphatic hydroxyl groups excluding tert-OH is 1. The maximum Gasteiger partial charge on any atom is 0.461 e. The highest BCUT2D eigenvalue weighted by atomic mass is 19.3. The Morgan fingerprint density at radius 1 is 1.27 bits per heavy atom. The Hall–Kier alpha value is -1.38. The Balaban J connectivity index is 2.15. The van der Waals surface area contributed by atoms with E-state index in [1.165, 1.54) is 18.2 Å². The minimum Gasteiger partial charge on any atom is -0.428 e. The number of hydrogen-bond acceptors (Lipinski definition) is 4. The smallest absolute Gasteiger partial charge is 0.428 e. The molecule has 0 spiro atoms. The van der Waals surface area contributed by atoms with E-state index < -0.39 is 12.5 Å². The maximum absolute atomic E-state index is 13.0. The van der Waals surface area contributed by atoms with Gasteiger partial charge in [0.15, 0.2) is 0 Å². The Morgan fingerprint density at radius 3 is 2.55 bits per heavy atom. The number of piperazine rings is 1. The van der Waals surface area contributed by atoms with Gasteiger partial charge in [0.2, 0.25) is 0 Å². The first-order valence-corrected chi connectivity index (χ1v) is 6.94. The van der Waals surface area contributed by atoms with Crippen molar-refractivity contribution in [3.63, 3.8) is 0 Å². The Bertz CT molecular complexity index is 482. The van der Waals surface area contributed by atoms with Crippen LogP contribution in [0.3, 0.4) is 0 Å². The van der Waals surface area contributed by atoms with Crippen molar-refractivity contribution in [2.75, 3.05) is 32.8 Å². The van der Waals surface area contributed by atoms with E-state index in [-0.39, 0.29) is 18.4 Å². The molecule has 0 radical (unpaired) electrons. The molecule has 0 bridgehead atoms. The van der Waals surface area contributed by atoms with Crippen LogP contribution in [-0.2, 0) is 0 Å². The normalized spacial score (nSPS) is 18.5. The van der Waals surface area contributed by atoms with E-state index in [1.807, 2.05) is 4.90 Å². The first-order chi connectivity index (χ1) is 10.4. The largest absolute Gasteiger partial charge is 0.461 e. The second-order valence-corrected chi connectivity index (χ2v) is 5.02. The van der Waals surface area contributed by atoms with Gasteiger partial charge >= 0.3 is 12.5 Å². The fourth-order valence-electron chi connectivity index (χ4n) is 2.41. The number of nitrogens with zero attached hydrogens (tertiary/aromatic N) is 1. The minimum absolute atomic E-state index is 0.200. The molecule has 0 saturated carbocycles. The number of halogens is 4. The van der Waals surface area contributed by atoms with Crippen molar-refractivity contribution in [1.29, 1.82) is 0 Å². The van der Waals surface area contributed by atoms with Crippen LogP contribution in [0.1, 0.15) is 11.6 Å². The van der Waals surface area contributed by atoms with Crippen molar-refractivity contribution < 1.29 is 27.4 Å². The Kier molecular flexibility index (Phi) is 5.60. The molecule has 1 fully saturated rings. The van der Waals surface area contributed by atoms with Gasteiger partial charge in [0.1, 0.15) is 5.75 Å². The van der Waals surface area contributed by atoms with Crippen LogP contribution >= 0.6 is 0 Å². The summed E-state index contributed by atoms with van der Waals surface area (Å²) < 4.78 is 54.4. The molecule has 2 N–H and O–H groups in total. The molecule has 22 heavy (non-hydrogen) atoms. The SMILES string of the molecule is OC[C@H](c1cccc(OC(F)(F)C(F)F)c1)N1CCNCC1. The topological polar surface area (TPSA) is 44.7 Å². The lowest BCUT2D eigenvalue weighted by molar-refractivity contribution is -0.253. The summed E-state index contributed by atoms with van der Waals surface area (Å²) in [4.78, 5) is 2.00. The van der Waals surface area contributed by atoms with E-state index in [0.717, 1.165) is 13.1 Å². The van der Waals surface area contributed by atoms with Gasteiger partial charge in [-0.25, -0.2) is 0 Å². The molecule has 0 unspecified atom stereocenters. The molecule has 0 amide bonds. The number of ether oxygens (including phenoxy) is 1. The number of rotatable bonds is 6. The second-order valence-electron chi connectivity index (χ2n) is 5.02. The quantitative estimate of drug-likeness (QED) is 0.785. The number of nitrogens with one attached hydrogen (secondary N) is 1. The van der Waals surface area contributed by atoms with Gasteiger partial charge in [0.05, 0.1) is 12.6 Å². The molecular weight excluding hydrogens is 304 g/mol. The van der Waals surface area contributed by atoms with E-state index in [9.17, 15) is 22.7 Å². The van der Waals surface area contributed by atoms with Crippen molar-refractivity contribution in [3.8, 4) is 5.75 Å². The predicted molar refractivity (Wildman–Crippen MR) is 72.3 cm³/mol. The van der Waals surface area contributed by atoms with Crippen LogP contribution in [0.4, 0.5) is 17.6 Å². The highest BCUT2D eigenvalue weighted by Gasteiger charge is 2.44. The molecule has 1 saturated heterocycles. The molecule has 1 atom stereocenters. The van der Waals surface area contributed by atoms with E-state index >= 15 is 0 Å². The zero-order valence-corrected chi connectivity index (χ0v) is 11.8. The average Bonchev–Trinajstić information content (AvgIpc) is 2.49. The molecule has 2 rings (SSSR count). The van der Waals surface area contributed by atoms with Crippen molar-refractivity contribution in [3.05, 3.63) is 29.8 Å². The molecule has 4 nitrogen and oxygen atoms in total. The summed E-state index contributed by atoms with van der Waals surface area (Å²) in [5, 5.41) is 12.7. The molecule has 0 aliphatic carbocycles. The van der Waals surface area contributed by atoms with Crippen LogP contribution < -0.4 is 10.1 Å². The number of aliphatic hydroxyl groups is 1. The van der Waals surface area contributed by atoms with Crippen molar-refractivity contribution >= 4 is 0 Å². The van der Waals surface area contributed by atoms with Crippen LogP contribution in [-0.4, -0.2) is 55.3 Å². The van der Waals surface area contributed by atoms with Gasteiger partial charge in [0.25, 0.3) is 0 Å². The lowest BCUT2D eigenvalue weighted by Gasteiger charge is -2.34. The predicted octanol–water partition coefficient (Wildman–Crippen LogP) is 1.86. The van der Waals surface area contributed by atoms with Crippen molar-refractivity contribution in [2.45, 2.75) is 18.6 Å². The summed E-state index contributed by atoms with van der Waals surface area (Å²) in [7, 11) is 0. The van der Waals surface area contributed by atoms with Gasteiger partial charge in [-0.15, -0.1) is 0 Å². The third-order valence-corrected chi connectivity index (χ3v) is 3.52. The molecule has 124 valence electrons. The summed E-state index contributed by atoms with van der Waals surface area (Å²) in [6.45, 7) is 2.72. The summed E-state index contributed by atoms with van der Waals surface area (Å²) in [6.07, 6.45) is -8.44. The first kappa shape index (κ1) is 17.0. The highest BCUT2D eigenvalue weighted by molar-refractivity contribution is 5.31. The molecule has 1 aliphatic heterocycles. The molecular formula is C14H18F4N2O2. The van der Waals surface area contributed by atoms with Crippen LogP contribution in [0.2, 0.25) is 0 Å². The van der Waals surface area contributed by atoms with Gasteiger partial charge in [0, 0.05) is 26.2 Å². The zero-order valence-electron chi connectivity index (χ0n) is 11.8. The molecule has 1 aromatic rings. The number of alkyl halides is 4. The van der Waals surface area contributed by atoms with Gasteiger partial charge in [-0.3, -0.25) is 4.90 Å². The lowest BCUT2D eigenvalue weighted by atomic mass is 10.0. The standard InChI is InChI=1S/C14H18F4N2O2/c15-13(16)14(17,18)22-11-3-1-2-10(8-11)12(9-21)20-6-4-19-5-7-20/h1-3,8,12-13,19,21H,4-7,9H2/t12-/m1/s1. The van der Waals surface area contributed by atoms with Gasteiger partial charge in [-0.05, 0) is 17.7 Å². The number of benzene rings is 1. The Morgan fingerprint density at radius 2 is 1.95 bits per heavy atom. The molecule has 1 aliphatic rings. The third kappa shape index (κ3) is 4.08. The summed E-state index contributed by atoms with van der Waals surface area (Å²) in [6, 6.07) is 5.16. The van der Waals surface area contributed by atoms with Gasteiger partial charge in [-0.2, -0.15) is 17.6 Å². The van der Waals surface area contributed by atoms with Crippen molar-refractivity contribution in [1.82, 2.24) is 10.2 Å². The van der Waals surface area contributed by atoms with E-state index in [4.69, 9.17) is 0 Å². The molecule has 0 aromatic heterocycles. The molecule has 1 aromatic carbocycles. The van der Waals surface area contributed by atoms with E-state index in [1.54, 1.807) is 6.07 Å². The van der Waals surface area contributed by atoms with Crippen LogP contribution in [0.25, 0.3) is 0 Å². The third-order valence-electron chi connectivity index (χ3n) is 3.52. The van der Waals surface area contributed by atoms with Crippen molar-refractivity contribution in [2.24, 2.45) is 0 Å². The second kappa shape index (κ2) is 7.26. The summed E-state index contributed by atoms with van der Waals surface area (Å²) in [5.74, 6) is -0.351. The average molecular weight is 322 g/mol. The zero-order chi connectivity index (χ0) is 16.2. The minimum atomic E-state index is -4.54. The fraction of sp³-hybridized carbons (Fsp3) is 0.571.